The van der Waals surface area contributed by atoms with E-state index in [4.69, 9.17) is 24.1 Å². The molecule has 1 N–H and O–H groups in total. The van der Waals surface area contributed by atoms with Gasteiger partial charge in [-0.1, -0.05) is 60.7 Å². The van der Waals surface area contributed by atoms with Crippen LogP contribution in [0, 0.1) is 0 Å². The summed E-state index contributed by atoms with van der Waals surface area (Å²) in [5.41, 5.74) is 5.53. The number of fused-ring (bicyclic) bond motifs is 3. The van der Waals surface area contributed by atoms with Crippen LogP contribution in [0.3, 0.4) is 0 Å². The molecule has 204 valence electrons. The molecule has 0 aliphatic heterocycles. The molecule has 5 rings (SSSR count). The average molecular weight is 540 g/mol. The number of hydrogen-bond acceptors (Lipinski definition) is 6. The molecule has 0 saturated carbocycles. The number of rotatable bonds is 9. The van der Waals surface area contributed by atoms with Gasteiger partial charge in [-0.3, -0.25) is 4.90 Å². The van der Waals surface area contributed by atoms with Crippen molar-refractivity contribution in [3.05, 3.63) is 113 Å². The fourth-order valence-electron chi connectivity index (χ4n) is 5.32. The van der Waals surface area contributed by atoms with E-state index in [0.29, 0.717) is 17.2 Å². The maximum atomic E-state index is 13.8. The Kier molecular flexibility index (Phi) is 7.59. The van der Waals surface area contributed by atoms with Crippen molar-refractivity contribution in [3.8, 4) is 28.4 Å². The van der Waals surface area contributed by atoms with E-state index in [9.17, 15) is 9.59 Å². The lowest BCUT2D eigenvalue weighted by molar-refractivity contribution is -0.139. The Hall–Kier alpha value is -4.98. The Labute approximate surface area is 232 Å². The van der Waals surface area contributed by atoms with Crippen molar-refractivity contribution >= 4 is 12.1 Å². The van der Waals surface area contributed by atoms with E-state index in [2.05, 4.69) is 12.1 Å². The number of nitrogens with zero attached hydrogens (tertiary/aromatic N) is 1. The molecule has 0 heterocycles. The first-order valence-electron chi connectivity index (χ1n) is 12.7. The number of carbonyl (C=O) groups is 2. The van der Waals surface area contributed by atoms with Crippen LogP contribution >= 0.6 is 0 Å². The Morgan fingerprint density at radius 2 is 1.40 bits per heavy atom. The van der Waals surface area contributed by atoms with Gasteiger partial charge in [-0.2, -0.15) is 0 Å². The van der Waals surface area contributed by atoms with Gasteiger partial charge >= 0.3 is 12.1 Å². The van der Waals surface area contributed by atoms with Crippen molar-refractivity contribution in [1.29, 1.82) is 0 Å². The van der Waals surface area contributed by atoms with E-state index in [1.54, 1.807) is 37.3 Å². The van der Waals surface area contributed by atoms with Gasteiger partial charge in [0.15, 0.2) is 6.61 Å². The topological polar surface area (TPSA) is 94.5 Å². The summed E-state index contributed by atoms with van der Waals surface area (Å²) in [6.45, 7) is -0.459. The first-order chi connectivity index (χ1) is 19.5. The van der Waals surface area contributed by atoms with Crippen LogP contribution in [0.5, 0.6) is 17.2 Å². The summed E-state index contributed by atoms with van der Waals surface area (Å²) in [7, 11) is 4.52. The van der Waals surface area contributed by atoms with Crippen LogP contribution in [0.25, 0.3) is 11.1 Å². The molecule has 0 saturated heterocycles. The van der Waals surface area contributed by atoms with E-state index in [0.717, 1.165) is 33.4 Å². The minimum absolute atomic E-state index is 0.396. The second kappa shape index (κ2) is 11.4. The predicted molar refractivity (Wildman–Crippen MR) is 149 cm³/mol. The number of benzene rings is 4. The van der Waals surface area contributed by atoms with Crippen molar-refractivity contribution in [3.63, 3.8) is 0 Å². The van der Waals surface area contributed by atoms with Crippen molar-refractivity contribution < 1.29 is 33.6 Å². The lowest BCUT2D eigenvalue weighted by Crippen LogP contribution is -2.38. The smallest absolute Gasteiger partial charge is 0.411 e. The number of carboxylic acid groups (broad SMARTS) is 1. The summed E-state index contributed by atoms with van der Waals surface area (Å²) in [4.78, 5) is 26.5. The highest BCUT2D eigenvalue weighted by molar-refractivity contribution is 5.82. The molecule has 0 aromatic heterocycles. The third-order valence-corrected chi connectivity index (χ3v) is 7.04. The van der Waals surface area contributed by atoms with Crippen LogP contribution in [0.1, 0.15) is 34.3 Å². The molecule has 8 nitrogen and oxygen atoms in total. The van der Waals surface area contributed by atoms with Gasteiger partial charge in [0.05, 0.1) is 33.4 Å². The molecule has 0 spiro atoms. The van der Waals surface area contributed by atoms with E-state index < -0.39 is 30.8 Å². The van der Waals surface area contributed by atoms with Crippen LogP contribution in [0.4, 0.5) is 4.79 Å². The second-order valence-electron chi connectivity index (χ2n) is 9.22. The number of carboxylic acids is 1. The summed E-state index contributed by atoms with van der Waals surface area (Å²) >= 11 is 0. The van der Waals surface area contributed by atoms with Gasteiger partial charge < -0.3 is 24.1 Å². The molecule has 4 aromatic rings. The molecular weight excluding hydrogens is 510 g/mol. The Morgan fingerprint density at radius 1 is 0.800 bits per heavy atom. The molecule has 0 unspecified atom stereocenters. The van der Waals surface area contributed by atoms with Gasteiger partial charge in [-0.15, -0.1) is 0 Å². The first-order valence-corrected chi connectivity index (χ1v) is 12.7. The van der Waals surface area contributed by atoms with Crippen LogP contribution < -0.4 is 14.2 Å². The first kappa shape index (κ1) is 26.6. The molecule has 0 radical (unpaired) electrons. The maximum Gasteiger partial charge on any atom is 0.411 e. The molecule has 0 bridgehead atoms. The van der Waals surface area contributed by atoms with Crippen molar-refractivity contribution in [2.45, 2.75) is 12.1 Å². The zero-order chi connectivity index (χ0) is 28.2. The van der Waals surface area contributed by atoms with E-state index in [-0.39, 0.29) is 0 Å². The number of carbonyl (C=O) groups excluding carboxylic acids is 1. The number of hydrogen-bond donors (Lipinski definition) is 1. The lowest BCUT2D eigenvalue weighted by atomic mass is 9.92. The zero-order valence-electron chi connectivity index (χ0n) is 22.4. The minimum atomic E-state index is -1.07. The van der Waals surface area contributed by atoms with Crippen LogP contribution in [-0.4, -0.2) is 50.0 Å². The van der Waals surface area contributed by atoms with E-state index in [1.165, 1.54) is 7.11 Å². The number of methoxy groups -OCH3 is 3. The monoisotopic (exact) mass is 539 g/mol. The van der Waals surface area contributed by atoms with Crippen LogP contribution in [0.15, 0.2) is 91.0 Å². The number of aliphatic carboxylic acids is 1. The maximum absolute atomic E-state index is 13.8. The molecular formula is C32H29NO7. The summed E-state index contributed by atoms with van der Waals surface area (Å²) in [6.07, 6.45) is -0.523. The average Bonchev–Trinajstić information content (AvgIpc) is 3.32. The summed E-state index contributed by atoms with van der Waals surface area (Å²) in [5.74, 6) is 0.468. The Bertz CT molecular complexity index is 1490. The third-order valence-electron chi connectivity index (χ3n) is 7.04. The fraction of sp³-hybridized carbons (Fsp3) is 0.188. The molecule has 1 amide bonds. The highest BCUT2D eigenvalue weighted by Crippen LogP contribution is 2.51. The molecule has 1 aliphatic rings. The molecule has 4 aromatic carbocycles. The van der Waals surface area contributed by atoms with Crippen LogP contribution in [0.2, 0.25) is 0 Å². The molecule has 1 aliphatic carbocycles. The van der Waals surface area contributed by atoms with Crippen LogP contribution in [-0.2, 0) is 9.53 Å². The standard InChI is InChI=1S/C32H29NO7/c1-37-22-16-17-27(28(18-22)38-2)30(20-12-14-21(15-13-20)40-19-29(34)35)33(32(36)39-3)31-25-10-6-4-8-23(25)24-9-5-7-11-26(24)31/h4-18,30-31H,19H2,1-3H3,(H,34,35)/t30-/m1/s1. The second-order valence-corrected chi connectivity index (χ2v) is 9.22. The normalized spacial score (nSPS) is 12.6. The summed E-state index contributed by atoms with van der Waals surface area (Å²) < 4.78 is 22.0. The number of amides is 1. The SMILES string of the molecule is COC(=O)N(C1c2ccccc2-c2ccccc21)[C@H](c1ccc(OCC(=O)O)cc1)c1ccc(OC)cc1OC. The zero-order valence-corrected chi connectivity index (χ0v) is 22.4. The largest absolute Gasteiger partial charge is 0.497 e. The summed E-state index contributed by atoms with van der Waals surface area (Å²) in [6, 6.07) is 27.4. The molecule has 40 heavy (non-hydrogen) atoms. The van der Waals surface area contributed by atoms with Gasteiger partial charge in [0.1, 0.15) is 17.2 Å². The quantitative estimate of drug-likeness (QED) is 0.275. The molecule has 8 heteroatoms. The van der Waals surface area contributed by atoms with Gasteiger partial charge in [-0.25, -0.2) is 9.59 Å². The molecule has 0 fully saturated rings. The Morgan fingerprint density at radius 3 is 1.95 bits per heavy atom. The molecule has 1 atom stereocenters. The van der Waals surface area contributed by atoms with Gasteiger partial charge in [-0.05, 0) is 52.1 Å². The third kappa shape index (κ3) is 4.91. The summed E-state index contributed by atoms with van der Waals surface area (Å²) in [5, 5.41) is 9.00. The van der Waals surface area contributed by atoms with Gasteiger partial charge in [0, 0.05) is 11.6 Å². The highest BCUT2D eigenvalue weighted by atomic mass is 16.5. The predicted octanol–water partition coefficient (Wildman–Crippen LogP) is 6.10. The Balaban J connectivity index is 1.72. The van der Waals surface area contributed by atoms with E-state index >= 15 is 0 Å². The van der Waals surface area contributed by atoms with Crippen molar-refractivity contribution in [2.24, 2.45) is 0 Å². The number of ether oxygens (including phenoxy) is 4. The fourth-order valence-corrected chi connectivity index (χ4v) is 5.32. The highest BCUT2D eigenvalue weighted by Gasteiger charge is 2.41. The minimum Gasteiger partial charge on any atom is -0.497 e. The van der Waals surface area contributed by atoms with Gasteiger partial charge in [0.25, 0.3) is 0 Å². The van der Waals surface area contributed by atoms with E-state index in [1.807, 2.05) is 60.7 Å². The lowest BCUT2D eigenvalue weighted by Gasteiger charge is -2.37. The van der Waals surface area contributed by atoms with Crippen molar-refractivity contribution in [2.75, 3.05) is 27.9 Å². The van der Waals surface area contributed by atoms with Crippen molar-refractivity contribution in [1.82, 2.24) is 4.90 Å². The van der Waals surface area contributed by atoms with Gasteiger partial charge in [0.2, 0.25) is 0 Å².